The fraction of sp³-hybridized carbons (Fsp3) is 0.200. The van der Waals surface area contributed by atoms with E-state index >= 15 is 0 Å². The zero-order chi connectivity index (χ0) is 20.3. The summed E-state index contributed by atoms with van der Waals surface area (Å²) in [5, 5.41) is 14.0. The first-order chi connectivity index (χ1) is 13.3. The second-order valence-corrected chi connectivity index (χ2v) is 8.10. The maximum absolute atomic E-state index is 14.3. The van der Waals surface area contributed by atoms with Crippen LogP contribution in [0.1, 0.15) is 16.9 Å². The van der Waals surface area contributed by atoms with Crippen LogP contribution in [0.2, 0.25) is 0 Å². The van der Waals surface area contributed by atoms with Crippen LogP contribution in [-0.4, -0.2) is 49.3 Å². The highest BCUT2D eigenvalue weighted by molar-refractivity contribution is 7.93. The number of aromatic carboxylic acids is 1. The van der Waals surface area contributed by atoms with E-state index in [0.717, 1.165) is 29.5 Å². The first-order valence-electron chi connectivity index (χ1n) is 7.82. The van der Waals surface area contributed by atoms with Gasteiger partial charge in [0, 0.05) is 6.54 Å². The van der Waals surface area contributed by atoms with Crippen molar-refractivity contribution in [1.82, 2.24) is 10.3 Å². The predicted molar refractivity (Wildman–Crippen MR) is 99.8 cm³/mol. The van der Waals surface area contributed by atoms with E-state index in [1.54, 1.807) is 0 Å². The van der Waals surface area contributed by atoms with Crippen molar-refractivity contribution in [3.63, 3.8) is 0 Å². The Bertz CT molecular complexity index is 1070. The monoisotopic (exact) mass is 427 g/mol. The Labute approximate surface area is 162 Å². The number of sulfonamides is 1. The molecular weight excluding hydrogens is 413 g/mol. The van der Waals surface area contributed by atoms with Crippen LogP contribution in [0, 0.1) is 5.82 Å². The molecule has 0 radical (unpaired) electrons. The number of rotatable bonds is 7. The normalized spacial score (nSPS) is 13.5. The second-order valence-electron chi connectivity index (χ2n) is 5.56. The van der Waals surface area contributed by atoms with E-state index in [9.17, 15) is 22.4 Å². The van der Waals surface area contributed by atoms with Crippen LogP contribution in [0.5, 0.6) is 0 Å². The van der Waals surface area contributed by atoms with Gasteiger partial charge in [0.2, 0.25) is 5.91 Å². The molecule has 148 valence electrons. The van der Waals surface area contributed by atoms with E-state index < -0.39 is 38.3 Å². The van der Waals surface area contributed by atoms with Gasteiger partial charge in [0.1, 0.15) is 16.7 Å². The molecule has 0 aliphatic carbocycles. The lowest BCUT2D eigenvalue weighted by Crippen LogP contribution is -2.25. The maximum Gasteiger partial charge on any atom is 0.357 e. The van der Waals surface area contributed by atoms with Gasteiger partial charge in [-0.3, -0.25) is 14.5 Å². The Kier molecular flexibility index (Phi) is 5.56. The van der Waals surface area contributed by atoms with E-state index in [2.05, 4.69) is 25.3 Å². The number of carboxylic acid groups (broad SMARTS) is 1. The number of carbonyl (C=O) groups excluding carboxylic acids is 1. The van der Waals surface area contributed by atoms with Gasteiger partial charge in [-0.05, 0) is 18.2 Å². The second kappa shape index (κ2) is 7.90. The molecule has 4 N–H and O–H groups in total. The summed E-state index contributed by atoms with van der Waals surface area (Å²) < 4.78 is 41.1. The molecule has 3 rings (SSSR count). The summed E-state index contributed by atoms with van der Waals surface area (Å²) >= 11 is 0.780. The number of anilines is 2. The van der Waals surface area contributed by atoms with Crippen molar-refractivity contribution in [3.8, 4) is 0 Å². The summed E-state index contributed by atoms with van der Waals surface area (Å²) in [4.78, 5) is 30.1. The lowest BCUT2D eigenvalue weighted by atomic mass is 10.3. The Morgan fingerprint density at radius 1 is 1.36 bits per heavy atom. The molecule has 0 unspecified atom stereocenters. The molecule has 28 heavy (non-hydrogen) atoms. The van der Waals surface area contributed by atoms with Crippen LogP contribution >= 0.6 is 11.3 Å². The molecule has 0 spiro atoms. The number of halogens is 1. The Morgan fingerprint density at radius 2 is 2.14 bits per heavy atom. The number of benzene rings is 1. The SMILES string of the molecule is O=C(CC1=NCCN1)Nc1ccc(S(=O)(=O)Nc2scnc2C(=O)O)cc1F. The van der Waals surface area contributed by atoms with Crippen molar-refractivity contribution in [2.24, 2.45) is 4.99 Å². The van der Waals surface area contributed by atoms with Gasteiger partial charge in [0.15, 0.2) is 5.69 Å². The average Bonchev–Trinajstić information content (AvgIpc) is 3.28. The highest BCUT2D eigenvalue weighted by Crippen LogP contribution is 2.26. The zero-order valence-corrected chi connectivity index (χ0v) is 15.7. The number of carboxylic acids is 1. The van der Waals surface area contributed by atoms with Crippen LogP contribution in [0.4, 0.5) is 15.1 Å². The first-order valence-corrected chi connectivity index (χ1v) is 10.2. The van der Waals surface area contributed by atoms with Crippen molar-refractivity contribution >= 4 is 49.8 Å². The van der Waals surface area contributed by atoms with Gasteiger partial charge < -0.3 is 15.7 Å². The number of nitrogens with zero attached hydrogens (tertiary/aromatic N) is 2. The summed E-state index contributed by atoms with van der Waals surface area (Å²) in [6, 6.07) is 2.93. The largest absolute Gasteiger partial charge is 0.476 e. The van der Waals surface area contributed by atoms with Crippen LogP contribution < -0.4 is 15.4 Å². The molecular formula is C15H14FN5O5S2. The fourth-order valence-corrected chi connectivity index (χ4v) is 4.33. The van der Waals surface area contributed by atoms with Gasteiger partial charge in [-0.25, -0.2) is 22.6 Å². The Hall–Kier alpha value is -3.06. The average molecular weight is 427 g/mol. The minimum atomic E-state index is -4.25. The molecule has 1 amide bonds. The van der Waals surface area contributed by atoms with Gasteiger partial charge in [-0.2, -0.15) is 0 Å². The van der Waals surface area contributed by atoms with Crippen LogP contribution in [0.3, 0.4) is 0 Å². The number of thiazole rings is 1. The number of carbonyl (C=O) groups is 2. The molecule has 10 nitrogen and oxygen atoms in total. The standard InChI is InChI=1S/C15H14FN5O5S2/c16-9-5-8(28(25,26)21-14-13(15(23)24)19-7-27-14)1-2-10(9)20-12(22)6-11-17-3-4-18-11/h1-2,5,7,21H,3-4,6H2,(H,17,18)(H,20,22)(H,23,24). The van der Waals surface area contributed by atoms with E-state index in [4.69, 9.17) is 5.11 Å². The van der Waals surface area contributed by atoms with Gasteiger partial charge in [-0.15, -0.1) is 11.3 Å². The van der Waals surface area contributed by atoms with E-state index in [0.29, 0.717) is 18.9 Å². The number of hydrogen-bond donors (Lipinski definition) is 4. The topological polar surface area (TPSA) is 150 Å². The Balaban J connectivity index is 1.74. The molecule has 1 aromatic heterocycles. The zero-order valence-electron chi connectivity index (χ0n) is 14.1. The third-order valence-corrected chi connectivity index (χ3v) is 5.81. The van der Waals surface area contributed by atoms with Gasteiger partial charge in [0.05, 0.1) is 29.1 Å². The van der Waals surface area contributed by atoms with Crippen molar-refractivity contribution in [2.75, 3.05) is 23.1 Å². The minimum Gasteiger partial charge on any atom is -0.476 e. The quantitative estimate of drug-likeness (QED) is 0.517. The van der Waals surface area contributed by atoms with Crippen LogP contribution in [0.15, 0.2) is 33.6 Å². The molecule has 0 saturated carbocycles. The molecule has 0 atom stereocenters. The van der Waals surface area contributed by atoms with E-state index in [1.807, 2.05) is 0 Å². The van der Waals surface area contributed by atoms with Crippen LogP contribution in [0.25, 0.3) is 0 Å². The summed E-state index contributed by atoms with van der Waals surface area (Å²) in [6.07, 6.45) is -0.0512. The van der Waals surface area contributed by atoms with E-state index in [1.165, 1.54) is 5.51 Å². The molecule has 0 fully saturated rings. The number of aromatic nitrogens is 1. The lowest BCUT2D eigenvalue weighted by molar-refractivity contribution is -0.115. The fourth-order valence-electron chi connectivity index (χ4n) is 2.33. The smallest absolute Gasteiger partial charge is 0.357 e. The van der Waals surface area contributed by atoms with Gasteiger partial charge >= 0.3 is 5.97 Å². The maximum atomic E-state index is 14.3. The predicted octanol–water partition coefficient (Wildman–Crippen LogP) is 1.11. The van der Waals surface area contributed by atoms with Crippen molar-refractivity contribution < 1.29 is 27.5 Å². The molecule has 2 heterocycles. The summed E-state index contributed by atoms with van der Waals surface area (Å²) in [5.41, 5.74) is 0.525. The van der Waals surface area contributed by atoms with Gasteiger partial charge in [-0.1, -0.05) is 0 Å². The molecule has 13 heteroatoms. The van der Waals surface area contributed by atoms with E-state index in [-0.39, 0.29) is 17.1 Å². The molecule has 1 aliphatic heterocycles. The number of amidine groups is 1. The minimum absolute atomic E-state index is 0.0512. The third kappa shape index (κ3) is 4.43. The Morgan fingerprint density at radius 3 is 2.79 bits per heavy atom. The molecule has 2 aromatic rings. The van der Waals surface area contributed by atoms with Gasteiger partial charge in [0.25, 0.3) is 10.0 Å². The number of amides is 1. The molecule has 0 bridgehead atoms. The van der Waals surface area contributed by atoms with Crippen LogP contribution in [-0.2, 0) is 14.8 Å². The van der Waals surface area contributed by atoms with Crippen molar-refractivity contribution in [1.29, 1.82) is 0 Å². The molecule has 0 saturated heterocycles. The summed E-state index contributed by atoms with van der Waals surface area (Å²) in [5.74, 6) is -2.36. The number of hydrogen-bond acceptors (Lipinski definition) is 8. The molecule has 1 aromatic carbocycles. The first kappa shape index (κ1) is 19.7. The lowest BCUT2D eigenvalue weighted by Gasteiger charge is -2.10. The van der Waals surface area contributed by atoms with Crippen molar-refractivity contribution in [3.05, 3.63) is 35.2 Å². The summed E-state index contributed by atoms with van der Waals surface area (Å²) in [7, 11) is -4.25. The molecule has 1 aliphatic rings. The highest BCUT2D eigenvalue weighted by Gasteiger charge is 2.22. The summed E-state index contributed by atoms with van der Waals surface area (Å²) in [6.45, 7) is 1.21. The third-order valence-electron chi connectivity index (χ3n) is 3.59. The number of aliphatic imine (C=N–C) groups is 1. The van der Waals surface area contributed by atoms with Crippen molar-refractivity contribution in [2.45, 2.75) is 11.3 Å². The number of nitrogens with one attached hydrogen (secondary N) is 3. The highest BCUT2D eigenvalue weighted by atomic mass is 32.2.